The van der Waals surface area contributed by atoms with Crippen LogP contribution in [-0.4, -0.2) is 33.1 Å². The van der Waals surface area contributed by atoms with E-state index in [2.05, 4.69) is 10.3 Å². The number of thiophene rings is 1. The molecule has 6 nitrogen and oxygen atoms in total. The topological polar surface area (TPSA) is 84.2 Å². The van der Waals surface area contributed by atoms with Crippen molar-refractivity contribution in [3.05, 3.63) is 46.7 Å². The van der Waals surface area contributed by atoms with Crippen LogP contribution >= 0.6 is 11.3 Å². The Morgan fingerprint density at radius 1 is 1.48 bits per heavy atom. The number of aryl methyl sites for hydroxylation is 1. The van der Waals surface area contributed by atoms with E-state index < -0.39 is 5.97 Å². The number of rotatable bonds is 7. The predicted molar refractivity (Wildman–Crippen MR) is 80.2 cm³/mol. The molecule has 2 N–H and O–H groups in total. The van der Waals surface area contributed by atoms with E-state index in [-0.39, 0.29) is 5.91 Å². The summed E-state index contributed by atoms with van der Waals surface area (Å²) in [5.74, 6) is -1.21. The quantitative estimate of drug-likeness (QED) is 0.604. The smallest absolute Gasteiger partial charge is 0.328 e. The maximum Gasteiger partial charge on any atom is 0.328 e. The molecule has 0 aliphatic carbocycles. The Morgan fingerprint density at radius 3 is 3.05 bits per heavy atom. The van der Waals surface area contributed by atoms with Gasteiger partial charge in [0.1, 0.15) is 0 Å². The summed E-state index contributed by atoms with van der Waals surface area (Å²) in [7, 11) is 0. The lowest BCUT2D eigenvalue weighted by Crippen LogP contribution is -2.24. The minimum atomic E-state index is -1.03. The van der Waals surface area contributed by atoms with Gasteiger partial charge >= 0.3 is 5.97 Å². The number of carbonyl (C=O) groups is 2. The zero-order valence-electron chi connectivity index (χ0n) is 11.2. The maximum absolute atomic E-state index is 12.0. The molecule has 0 atom stereocenters. The van der Waals surface area contributed by atoms with Gasteiger partial charge in [0, 0.05) is 31.6 Å². The highest BCUT2D eigenvalue weighted by molar-refractivity contribution is 7.12. The molecule has 0 aromatic carbocycles. The lowest BCUT2D eigenvalue weighted by atomic mass is 10.2. The fourth-order valence-electron chi connectivity index (χ4n) is 1.76. The summed E-state index contributed by atoms with van der Waals surface area (Å²) in [4.78, 5) is 27.0. The van der Waals surface area contributed by atoms with Crippen LogP contribution in [0.5, 0.6) is 0 Å². The van der Waals surface area contributed by atoms with E-state index in [1.165, 1.54) is 17.4 Å². The Hall–Kier alpha value is -2.41. The number of hydrogen-bond donors (Lipinski definition) is 2. The minimum absolute atomic E-state index is 0.180. The van der Waals surface area contributed by atoms with Crippen molar-refractivity contribution in [3.8, 4) is 0 Å². The molecule has 2 rings (SSSR count). The SMILES string of the molecule is O=C(O)C=Cc1ccsc1C(=O)NCCCn1ccnc1. The molecular formula is C14H15N3O3S. The molecule has 0 radical (unpaired) electrons. The Kier molecular flexibility index (Phi) is 5.28. The van der Waals surface area contributed by atoms with E-state index >= 15 is 0 Å². The molecule has 0 saturated carbocycles. The number of nitrogens with one attached hydrogen (secondary N) is 1. The molecule has 21 heavy (non-hydrogen) atoms. The summed E-state index contributed by atoms with van der Waals surface area (Å²) in [6, 6.07) is 1.73. The van der Waals surface area contributed by atoms with Crippen molar-refractivity contribution in [3.63, 3.8) is 0 Å². The number of imidazole rings is 1. The van der Waals surface area contributed by atoms with E-state index in [1.54, 1.807) is 24.0 Å². The van der Waals surface area contributed by atoms with Crippen LogP contribution in [0.1, 0.15) is 21.7 Å². The van der Waals surface area contributed by atoms with Crippen LogP contribution in [0.25, 0.3) is 6.08 Å². The molecule has 0 saturated heterocycles. The third kappa shape index (κ3) is 4.57. The van der Waals surface area contributed by atoms with Gasteiger partial charge in [0.2, 0.25) is 0 Å². The Bertz CT molecular complexity index is 632. The molecule has 2 aromatic rings. The molecule has 2 aromatic heterocycles. The molecule has 1 amide bonds. The lowest BCUT2D eigenvalue weighted by Gasteiger charge is -2.05. The van der Waals surface area contributed by atoms with Gasteiger partial charge in [-0.2, -0.15) is 0 Å². The first-order valence-electron chi connectivity index (χ1n) is 6.39. The van der Waals surface area contributed by atoms with Gasteiger partial charge in [-0.05, 0) is 29.5 Å². The molecule has 0 unspecified atom stereocenters. The third-order valence-corrected chi connectivity index (χ3v) is 3.67. The van der Waals surface area contributed by atoms with Gasteiger partial charge < -0.3 is 15.0 Å². The van der Waals surface area contributed by atoms with Gasteiger partial charge in [0.05, 0.1) is 11.2 Å². The molecule has 0 fully saturated rings. The number of carbonyl (C=O) groups excluding carboxylic acids is 1. The van der Waals surface area contributed by atoms with Gasteiger partial charge in [0.25, 0.3) is 5.91 Å². The van der Waals surface area contributed by atoms with Crippen LogP contribution in [-0.2, 0) is 11.3 Å². The number of nitrogens with zero attached hydrogens (tertiary/aromatic N) is 2. The molecule has 0 aliphatic heterocycles. The average molecular weight is 305 g/mol. The molecule has 0 bridgehead atoms. The third-order valence-electron chi connectivity index (χ3n) is 2.75. The Morgan fingerprint density at radius 2 is 2.33 bits per heavy atom. The van der Waals surface area contributed by atoms with E-state index in [9.17, 15) is 9.59 Å². The number of hydrogen-bond acceptors (Lipinski definition) is 4. The normalized spacial score (nSPS) is 10.9. The summed E-state index contributed by atoms with van der Waals surface area (Å²) in [5.41, 5.74) is 0.620. The second-order valence-electron chi connectivity index (χ2n) is 4.29. The number of carboxylic acids is 1. The number of carboxylic acid groups (broad SMARTS) is 1. The maximum atomic E-state index is 12.0. The Balaban J connectivity index is 1.83. The molecular weight excluding hydrogens is 290 g/mol. The zero-order valence-corrected chi connectivity index (χ0v) is 12.0. The van der Waals surface area contributed by atoms with Gasteiger partial charge in [-0.1, -0.05) is 0 Å². The van der Waals surface area contributed by atoms with Crippen LogP contribution in [0.2, 0.25) is 0 Å². The Labute approximate surface area is 125 Å². The van der Waals surface area contributed by atoms with E-state index in [1.807, 2.05) is 10.8 Å². The van der Waals surface area contributed by atoms with Gasteiger partial charge in [-0.15, -0.1) is 11.3 Å². The van der Waals surface area contributed by atoms with Gasteiger partial charge in [-0.25, -0.2) is 9.78 Å². The molecule has 0 spiro atoms. The van der Waals surface area contributed by atoms with Crippen molar-refractivity contribution in [1.82, 2.24) is 14.9 Å². The van der Waals surface area contributed by atoms with E-state index in [0.29, 0.717) is 17.0 Å². The highest BCUT2D eigenvalue weighted by atomic mass is 32.1. The van der Waals surface area contributed by atoms with Gasteiger partial charge in [-0.3, -0.25) is 4.79 Å². The number of aliphatic carboxylic acids is 1. The molecule has 7 heteroatoms. The monoisotopic (exact) mass is 305 g/mol. The first-order chi connectivity index (χ1) is 10.2. The van der Waals surface area contributed by atoms with Gasteiger partial charge in [0.15, 0.2) is 0 Å². The highest BCUT2D eigenvalue weighted by Crippen LogP contribution is 2.18. The van der Waals surface area contributed by atoms with Crippen molar-refractivity contribution in [2.24, 2.45) is 0 Å². The first kappa shape index (κ1) is 15.0. The summed E-state index contributed by atoms with van der Waals surface area (Å²) < 4.78 is 1.94. The summed E-state index contributed by atoms with van der Waals surface area (Å²) >= 11 is 1.29. The largest absolute Gasteiger partial charge is 0.478 e. The first-order valence-corrected chi connectivity index (χ1v) is 7.27. The highest BCUT2D eigenvalue weighted by Gasteiger charge is 2.10. The fraction of sp³-hybridized carbons (Fsp3) is 0.214. The summed E-state index contributed by atoms with van der Waals surface area (Å²) in [6.07, 6.45) is 8.57. The van der Waals surface area contributed by atoms with E-state index in [0.717, 1.165) is 19.0 Å². The zero-order chi connectivity index (χ0) is 15.1. The van der Waals surface area contributed by atoms with E-state index in [4.69, 9.17) is 5.11 Å². The van der Waals surface area contributed by atoms with Crippen molar-refractivity contribution in [2.75, 3.05) is 6.54 Å². The fourth-order valence-corrected chi connectivity index (χ4v) is 2.56. The standard InChI is InChI=1S/C14H15N3O3S/c18-12(19)3-2-11-4-9-21-13(11)14(20)16-5-1-7-17-8-6-15-10-17/h2-4,6,8-10H,1,5,7H2,(H,16,20)(H,18,19). The molecule has 0 aliphatic rings. The second-order valence-corrected chi connectivity index (χ2v) is 5.20. The van der Waals surface area contributed by atoms with Crippen LogP contribution in [0, 0.1) is 0 Å². The van der Waals surface area contributed by atoms with Crippen LogP contribution in [0.4, 0.5) is 0 Å². The molecule has 2 heterocycles. The van der Waals surface area contributed by atoms with Crippen molar-refractivity contribution in [2.45, 2.75) is 13.0 Å². The second kappa shape index (κ2) is 7.39. The predicted octanol–water partition coefficient (Wildman–Crippen LogP) is 1.86. The van der Waals surface area contributed by atoms with Crippen molar-refractivity contribution >= 4 is 29.3 Å². The summed E-state index contributed by atoms with van der Waals surface area (Å²) in [5, 5.41) is 13.2. The van der Waals surface area contributed by atoms with Crippen molar-refractivity contribution < 1.29 is 14.7 Å². The minimum Gasteiger partial charge on any atom is -0.478 e. The average Bonchev–Trinajstić information content (AvgIpc) is 3.12. The number of amides is 1. The van der Waals surface area contributed by atoms with Crippen LogP contribution < -0.4 is 5.32 Å². The van der Waals surface area contributed by atoms with Crippen LogP contribution in [0.3, 0.4) is 0 Å². The van der Waals surface area contributed by atoms with Crippen LogP contribution in [0.15, 0.2) is 36.2 Å². The lowest BCUT2D eigenvalue weighted by molar-refractivity contribution is -0.131. The number of aromatic nitrogens is 2. The summed E-state index contributed by atoms with van der Waals surface area (Å²) in [6.45, 7) is 1.34. The van der Waals surface area contributed by atoms with Crippen molar-refractivity contribution in [1.29, 1.82) is 0 Å². The molecule has 110 valence electrons.